The lowest BCUT2D eigenvalue weighted by molar-refractivity contribution is 0.0515. The van der Waals surface area contributed by atoms with Crippen LogP contribution >= 0.6 is 0 Å². The number of allylic oxidation sites excluding steroid dienone is 2. The molecule has 0 atom stereocenters. The molecule has 120 valence electrons. The van der Waals surface area contributed by atoms with Crippen molar-refractivity contribution < 1.29 is 14.6 Å². The van der Waals surface area contributed by atoms with E-state index in [-0.39, 0.29) is 12.5 Å². The molecular weight excluding hydrogens is 288 g/mol. The van der Waals surface area contributed by atoms with E-state index in [4.69, 9.17) is 9.47 Å². The van der Waals surface area contributed by atoms with Crippen LogP contribution in [0.3, 0.4) is 0 Å². The van der Waals surface area contributed by atoms with Crippen LogP contribution in [0.25, 0.3) is 11.1 Å². The average Bonchev–Trinajstić information content (AvgIpc) is 2.56. The number of hydrogen-bond donors (Lipinski definition) is 1. The second-order valence-electron chi connectivity index (χ2n) is 5.22. The van der Waals surface area contributed by atoms with Gasteiger partial charge in [0.2, 0.25) is 0 Å². The number of rotatable bonds is 8. The van der Waals surface area contributed by atoms with Crippen LogP contribution in [0.1, 0.15) is 11.1 Å². The fourth-order valence-electron chi connectivity index (χ4n) is 2.42. The maximum absolute atomic E-state index is 10.3. The van der Waals surface area contributed by atoms with Crippen molar-refractivity contribution in [1.82, 2.24) is 0 Å². The third kappa shape index (κ3) is 4.24. The number of ether oxygens (including phenoxy) is 2. The van der Waals surface area contributed by atoms with Gasteiger partial charge in [-0.2, -0.15) is 0 Å². The van der Waals surface area contributed by atoms with Crippen LogP contribution in [0.15, 0.2) is 61.7 Å². The van der Waals surface area contributed by atoms with Crippen LogP contribution in [0.5, 0.6) is 11.5 Å². The molecule has 0 saturated carbocycles. The molecular formula is C20H22O3. The highest BCUT2D eigenvalue weighted by atomic mass is 16.7. The molecule has 0 spiro atoms. The number of benzene rings is 2. The second-order valence-corrected chi connectivity index (χ2v) is 5.22. The SMILES string of the molecule is C=CCc1ccc(O)c(-c2cc(CC=C)ccc2OCOC)c1. The first-order valence-corrected chi connectivity index (χ1v) is 7.48. The van der Waals surface area contributed by atoms with Crippen molar-refractivity contribution in [3.63, 3.8) is 0 Å². The minimum absolute atomic E-state index is 0.154. The Morgan fingerprint density at radius 3 is 2.17 bits per heavy atom. The van der Waals surface area contributed by atoms with E-state index in [1.54, 1.807) is 13.2 Å². The van der Waals surface area contributed by atoms with Crippen molar-refractivity contribution in [1.29, 1.82) is 0 Å². The standard InChI is InChI=1S/C20H22O3/c1-4-6-15-8-10-19(21)17(12-15)18-13-16(7-5-2)9-11-20(18)23-14-22-3/h4-5,8-13,21H,1-2,6-7,14H2,3H3. The molecule has 0 radical (unpaired) electrons. The summed E-state index contributed by atoms with van der Waals surface area (Å²) in [7, 11) is 1.58. The molecule has 2 aromatic carbocycles. The number of aromatic hydroxyl groups is 1. The number of phenolic OH excluding ortho intramolecular Hbond substituents is 1. The Morgan fingerprint density at radius 1 is 0.957 bits per heavy atom. The Hall–Kier alpha value is -2.52. The molecule has 0 aliphatic heterocycles. The number of hydrogen-bond acceptors (Lipinski definition) is 3. The molecule has 23 heavy (non-hydrogen) atoms. The van der Waals surface area contributed by atoms with Gasteiger partial charge in [0.15, 0.2) is 6.79 Å². The van der Waals surface area contributed by atoms with E-state index in [0.29, 0.717) is 5.75 Å². The van der Waals surface area contributed by atoms with Crippen LogP contribution < -0.4 is 4.74 Å². The summed E-state index contributed by atoms with van der Waals surface area (Å²) in [5.41, 5.74) is 3.76. The normalized spacial score (nSPS) is 10.3. The molecule has 1 N–H and O–H groups in total. The summed E-state index contributed by atoms with van der Waals surface area (Å²) in [6.07, 6.45) is 5.19. The van der Waals surface area contributed by atoms with Gasteiger partial charge in [0.05, 0.1) is 0 Å². The summed E-state index contributed by atoms with van der Waals surface area (Å²) in [5.74, 6) is 0.890. The molecule has 2 rings (SSSR count). The maximum Gasteiger partial charge on any atom is 0.188 e. The Labute approximate surface area is 137 Å². The first-order chi connectivity index (χ1) is 11.2. The Kier molecular flexibility index (Phi) is 6.01. The molecule has 0 heterocycles. The summed E-state index contributed by atoms with van der Waals surface area (Å²) >= 11 is 0. The maximum atomic E-state index is 10.3. The van der Waals surface area contributed by atoms with Crippen LogP contribution in [0.2, 0.25) is 0 Å². The molecule has 0 fully saturated rings. The minimum atomic E-state index is 0.154. The summed E-state index contributed by atoms with van der Waals surface area (Å²) in [6, 6.07) is 11.5. The summed E-state index contributed by atoms with van der Waals surface area (Å²) in [6.45, 7) is 7.69. The van der Waals surface area contributed by atoms with Gasteiger partial charge in [-0.05, 0) is 48.2 Å². The lowest BCUT2D eigenvalue weighted by Crippen LogP contribution is -2.01. The molecule has 2 aromatic rings. The van der Waals surface area contributed by atoms with Crippen molar-refractivity contribution in [2.45, 2.75) is 12.8 Å². The van der Waals surface area contributed by atoms with Crippen LogP contribution in [-0.4, -0.2) is 19.0 Å². The predicted octanol–water partition coefficient (Wildman–Crippen LogP) is 4.50. The molecule has 0 aromatic heterocycles. The predicted molar refractivity (Wildman–Crippen MR) is 93.8 cm³/mol. The summed E-state index contributed by atoms with van der Waals surface area (Å²) in [5, 5.41) is 10.3. The van der Waals surface area contributed by atoms with Crippen LogP contribution in [0, 0.1) is 0 Å². The van der Waals surface area contributed by atoms with E-state index in [1.165, 1.54) is 0 Å². The molecule has 3 heteroatoms. The van der Waals surface area contributed by atoms with Crippen molar-refractivity contribution in [3.8, 4) is 22.6 Å². The lowest BCUT2D eigenvalue weighted by atomic mass is 9.97. The third-order valence-electron chi connectivity index (χ3n) is 3.49. The van der Waals surface area contributed by atoms with Crippen molar-refractivity contribution in [2.24, 2.45) is 0 Å². The van der Waals surface area contributed by atoms with Crippen LogP contribution in [-0.2, 0) is 17.6 Å². The Morgan fingerprint density at radius 2 is 1.57 bits per heavy atom. The zero-order valence-corrected chi connectivity index (χ0v) is 13.4. The molecule has 0 unspecified atom stereocenters. The van der Waals surface area contributed by atoms with Gasteiger partial charge in [0, 0.05) is 18.2 Å². The molecule has 0 bridgehead atoms. The smallest absolute Gasteiger partial charge is 0.188 e. The highest BCUT2D eigenvalue weighted by Gasteiger charge is 2.12. The highest BCUT2D eigenvalue weighted by Crippen LogP contribution is 2.37. The average molecular weight is 310 g/mol. The van der Waals surface area contributed by atoms with E-state index in [1.807, 2.05) is 42.5 Å². The largest absolute Gasteiger partial charge is 0.507 e. The lowest BCUT2D eigenvalue weighted by Gasteiger charge is -2.14. The van der Waals surface area contributed by atoms with Crippen molar-refractivity contribution >= 4 is 0 Å². The first-order valence-electron chi connectivity index (χ1n) is 7.48. The highest BCUT2D eigenvalue weighted by molar-refractivity contribution is 5.76. The fourth-order valence-corrected chi connectivity index (χ4v) is 2.42. The van der Waals surface area contributed by atoms with E-state index in [2.05, 4.69) is 13.2 Å². The van der Waals surface area contributed by atoms with Gasteiger partial charge in [0.1, 0.15) is 11.5 Å². The van der Waals surface area contributed by atoms with Gasteiger partial charge in [-0.3, -0.25) is 0 Å². The van der Waals surface area contributed by atoms with Crippen LogP contribution in [0.4, 0.5) is 0 Å². The second kappa shape index (κ2) is 8.20. The third-order valence-corrected chi connectivity index (χ3v) is 3.49. The fraction of sp³-hybridized carbons (Fsp3) is 0.200. The Bertz CT molecular complexity index is 689. The molecule has 0 aliphatic carbocycles. The zero-order chi connectivity index (χ0) is 16.7. The number of phenols is 1. The van der Waals surface area contributed by atoms with Gasteiger partial charge < -0.3 is 14.6 Å². The van der Waals surface area contributed by atoms with Gasteiger partial charge in [-0.25, -0.2) is 0 Å². The monoisotopic (exact) mass is 310 g/mol. The zero-order valence-electron chi connectivity index (χ0n) is 13.4. The minimum Gasteiger partial charge on any atom is -0.507 e. The van der Waals surface area contributed by atoms with E-state index < -0.39 is 0 Å². The molecule has 0 saturated heterocycles. The summed E-state index contributed by atoms with van der Waals surface area (Å²) in [4.78, 5) is 0. The number of methoxy groups -OCH3 is 1. The van der Waals surface area contributed by atoms with Crippen molar-refractivity contribution in [3.05, 3.63) is 72.8 Å². The quantitative estimate of drug-likeness (QED) is 0.576. The molecule has 3 nitrogen and oxygen atoms in total. The van der Waals surface area contributed by atoms with Gasteiger partial charge >= 0.3 is 0 Å². The first kappa shape index (κ1) is 16.8. The van der Waals surface area contributed by atoms with E-state index >= 15 is 0 Å². The van der Waals surface area contributed by atoms with Gasteiger partial charge in [-0.15, -0.1) is 13.2 Å². The van der Waals surface area contributed by atoms with Gasteiger partial charge in [-0.1, -0.05) is 24.3 Å². The molecule has 0 amide bonds. The van der Waals surface area contributed by atoms with E-state index in [9.17, 15) is 5.11 Å². The van der Waals surface area contributed by atoms with E-state index in [0.717, 1.165) is 35.1 Å². The topological polar surface area (TPSA) is 38.7 Å². The summed E-state index contributed by atoms with van der Waals surface area (Å²) < 4.78 is 10.6. The van der Waals surface area contributed by atoms with Gasteiger partial charge in [0.25, 0.3) is 0 Å². The van der Waals surface area contributed by atoms with Crippen molar-refractivity contribution in [2.75, 3.05) is 13.9 Å². The molecule has 0 aliphatic rings. The Balaban J connectivity index is 2.53.